The number of nitrogens with zero attached hydrogens (tertiary/aromatic N) is 4. The van der Waals surface area contributed by atoms with Crippen LogP contribution in [0.5, 0.6) is 0 Å². The molecule has 5 rings (SSSR count). The fraction of sp³-hybridized carbons (Fsp3) is 0.0833. The van der Waals surface area contributed by atoms with Gasteiger partial charge in [0, 0.05) is 28.0 Å². The van der Waals surface area contributed by atoms with Crippen molar-refractivity contribution in [2.75, 3.05) is 10.0 Å². The van der Waals surface area contributed by atoms with Gasteiger partial charge in [-0.15, -0.1) is 11.3 Å². The summed E-state index contributed by atoms with van der Waals surface area (Å²) in [5.74, 6) is 0.281. The number of nitrogens with one attached hydrogen (secondary N) is 2. The second kappa shape index (κ2) is 9.01. The van der Waals surface area contributed by atoms with Crippen LogP contribution >= 0.6 is 11.3 Å². The number of benzene rings is 2. The van der Waals surface area contributed by atoms with Crippen LogP contribution in [-0.4, -0.2) is 28.4 Å². The minimum Gasteiger partial charge on any atom is -0.340 e. The molecule has 0 amide bonds. The van der Waals surface area contributed by atoms with E-state index in [9.17, 15) is 12.8 Å². The van der Waals surface area contributed by atoms with Crippen molar-refractivity contribution < 1.29 is 12.8 Å². The van der Waals surface area contributed by atoms with Gasteiger partial charge in [-0.2, -0.15) is 0 Å². The van der Waals surface area contributed by atoms with Crippen molar-refractivity contribution in [1.82, 2.24) is 19.9 Å². The van der Waals surface area contributed by atoms with E-state index in [0.29, 0.717) is 22.9 Å². The molecule has 0 saturated carbocycles. The molecular weight excluding hydrogens is 487 g/mol. The molecule has 0 saturated heterocycles. The van der Waals surface area contributed by atoms with Crippen molar-refractivity contribution in [1.29, 1.82) is 0 Å². The molecule has 0 fully saturated rings. The van der Waals surface area contributed by atoms with Gasteiger partial charge < -0.3 is 5.32 Å². The number of hydrogen-bond acceptors (Lipinski definition) is 8. The minimum absolute atomic E-state index is 0.0267. The second-order valence-electron chi connectivity index (χ2n) is 7.79. The first-order valence-electron chi connectivity index (χ1n) is 10.5. The first-order valence-corrected chi connectivity index (χ1v) is 12.9. The monoisotopic (exact) mass is 506 g/mol. The summed E-state index contributed by atoms with van der Waals surface area (Å²) in [6, 6.07) is 14.3. The second-order valence-corrected chi connectivity index (χ2v) is 10.3. The van der Waals surface area contributed by atoms with Gasteiger partial charge >= 0.3 is 0 Å². The summed E-state index contributed by atoms with van der Waals surface area (Å²) in [7, 11) is -3.87. The lowest BCUT2D eigenvalue weighted by Gasteiger charge is -2.11. The molecule has 11 heteroatoms. The zero-order valence-electron chi connectivity index (χ0n) is 18.7. The van der Waals surface area contributed by atoms with E-state index in [0.717, 1.165) is 21.3 Å². The highest BCUT2D eigenvalue weighted by Gasteiger charge is 2.17. The summed E-state index contributed by atoms with van der Waals surface area (Å²) >= 11 is 1.46. The predicted octanol–water partition coefficient (Wildman–Crippen LogP) is 5.45. The standard InChI is InChI=1S/C24H19FN6O2S2/c1-14-11-15(2)29-24(28-14)31-35(32,33)19-9-7-18(8-10-19)30-22-21-20(12-34-23(21)27-13-26-22)16-3-5-17(25)6-4-16/h3-13H,1-2H3,(H,26,27,30)(H,28,29,31). The molecule has 0 bridgehead atoms. The Kier molecular flexibility index (Phi) is 5.87. The van der Waals surface area contributed by atoms with Gasteiger partial charge in [-0.05, 0) is 61.9 Å². The Balaban J connectivity index is 1.42. The molecule has 0 spiro atoms. The summed E-state index contributed by atoms with van der Waals surface area (Å²) in [6.07, 6.45) is 1.46. The highest BCUT2D eigenvalue weighted by atomic mass is 32.2. The molecule has 0 aliphatic heterocycles. The quantitative estimate of drug-likeness (QED) is 0.315. The van der Waals surface area contributed by atoms with E-state index in [2.05, 4.69) is 30.0 Å². The Labute approximate surface area is 205 Å². The number of rotatable bonds is 6. The average molecular weight is 507 g/mol. The lowest BCUT2D eigenvalue weighted by Crippen LogP contribution is -2.15. The molecule has 3 heterocycles. The van der Waals surface area contributed by atoms with Crippen LogP contribution in [0, 0.1) is 19.7 Å². The van der Waals surface area contributed by atoms with Crippen LogP contribution in [-0.2, 0) is 10.0 Å². The lowest BCUT2D eigenvalue weighted by molar-refractivity contribution is 0.600. The number of fused-ring (bicyclic) bond motifs is 1. The molecule has 0 atom stereocenters. The zero-order chi connectivity index (χ0) is 24.6. The van der Waals surface area contributed by atoms with Crippen LogP contribution in [0.25, 0.3) is 21.3 Å². The van der Waals surface area contributed by atoms with Crippen molar-refractivity contribution in [3.63, 3.8) is 0 Å². The van der Waals surface area contributed by atoms with E-state index < -0.39 is 10.0 Å². The van der Waals surface area contributed by atoms with Crippen LogP contribution in [0.1, 0.15) is 11.4 Å². The van der Waals surface area contributed by atoms with Crippen molar-refractivity contribution in [3.8, 4) is 11.1 Å². The van der Waals surface area contributed by atoms with Crippen molar-refractivity contribution in [2.45, 2.75) is 18.7 Å². The van der Waals surface area contributed by atoms with Gasteiger partial charge in [0.1, 0.15) is 22.8 Å². The van der Waals surface area contributed by atoms with Crippen LogP contribution < -0.4 is 10.0 Å². The minimum atomic E-state index is -3.87. The number of aryl methyl sites for hydroxylation is 2. The number of sulfonamides is 1. The molecule has 0 aliphatic rings. The van der Waals surface area contributed by atoms with Gasteiger partial charge in [-0.3, -0.25) is 0 Å². The fourth-order valence-electron chi connectivity index (χ4n) is 3.62. The van der Waals surface area contributed by atoms with E-state index in [1.165, 1.54) is 41.9 Å². The van der Waals surface area contributed by atoms with Crippen LogP contribution in [0.2, 0.25) is 0 Å². The Bertz CT molecular complexity index is 1620. The first-order chi connectivity index (χ1) is 16.8. The zero-order valence-corrected chi connectivity index (χ0v) is 20.3. The Morgan fingerprint density at radius 1 is 0.914 bits per heavy atom. The number of aromatic nitrogens is 4. The normalized spacial score (nSPS) is 11.5. The third-order valence-corrected chi connectivity index (χ3v) is 7.39. The molecule has 35 heavy (non-hydrogen) atoms. The van der Waals surface area contributed by atoms with Crippen molar-refractivity contribution in [3.05, 3.63) is 83.5 Å². The third-order valence-electron chi connectivity index (χ3n) is 5.16. The Morgan fingerprint density at radius 3 is 2.29 bits per heavy atom. The predicted molar refractivity (Wildman–Crippen MR) is 135 cm³/mol. The molecule has 2 aromatic carbocycles. The number of hydrogen-bond donors (Lipinski definition) is 2. The molecule has 8 nitrogen and oxygen atoms in total. The van der Waals surface area contributed by atoms with E-state index >= 15 is 0 Å². The Morgan fingerprint density at radius 2 is 1.60 bits per heavy atom. The summed E-state index contributed by atoms with van der Waals surface area (Å²) < 4.78 is 41.4. The number of halogens is 1. The maximum atomic E-state index is 13.4. The van der Waals surface area contributed by atoms with E-state index in [4.69, 9.17) is 0 Å². The third kappa shape index (κ3) is 4.81. The molecule has 2 N–H and O–H groups in total. The molecule has 0 aliphatic carbocycles. The van der Waals surface area contributed by atoms with E-state index in [-0.39, 0.29) is 16.7 Å². The summed E-state index contributed by atoms with van der Waals surface area (Å²) in [5.41, 5.74) is 3.70. The van der Waals surface area contributed by atoms with Crippen molar-refractivity contribution in [2.24, 2.45) is 0 Å². The van der Waals surface area contributed by atoms with Crippen LogP contribution in [0.15, 0.2) is 71.2 Å². The molecule has 0 radical (unpaired) electrons. The fourth-order valence-corrected chi connectivity index (χ4v) is 5.48. The van der Waals surface area contributed by atoms with Crippen LogP contribution in [0.4, 0.5) is 21.8 Å². The summed E-state index contributed by atoms with van der Waals surface area (Å²) in [6.45, 7) is 3.54. The molecular formula is C24H19FN6O2S2. The molecule has 3 aromatic heterocycles. The van der Waals surface area contributed by atoms with Gasteiger partial charge in [0.2, 0.25) is 5.95 Å². The SMILES string of the molecule is Cc1cc(C)nc(NS(=O)(=O)c2ccc(Nc3ncnc4scc(-c5ccc(F)cc5)c34)cc2)n1. The van der Waals surface area contributed by atoms with Crippen molar-refractivity contribution >= 4 is 49.0 Å². The average Bonchev–Trinajstić information content (AvgIpc) is 3.24. The first kappa shape index (κ1) is 22.8. The highest BCUT2D eigenvalue weighted by molar-refractivity contribution is 7.92. The van der Waals surface area contributed by atoms with Gasteiger partial charge in [-0.25, -0.2) is 37.5 Å². The van der Waals surface area contributed by atoms with Gasteiger partial charge in [0.25, 0.3) is 10.0 Å². The molecule has 176 valence electrons. The number of thiophene rings is 1. The smallest absolute Gasteiger partial charge is 0.264 e. The maximum absolute atomic E-state index is 13.4. The van der Waals surface area contributed by atoms with E-state index in [1.54, 1.807) is 44.2 Å². The van der Waals surface area contributed by atoms with Gasteiger partial charge in [0.05, 0.1) is 10.3 Å². The summed E-state index contributed by atoms with van der Waals surface area (Å²) in [4.78, 5) is 17.8. The maximum Gasteiger partial charge on any atom is 0.264 e. The molecule has 0 unspecified atom stereocenters. The van der Waals surface area contributed by atoms with Gasteiger partial charge in [0.15, 0.2) is 0 Å². The van der Waals surface area contributed by atoms with Crippen LogP contribution in [0.3, 0.4) is 0 Å². The Hall–Kier alpha value is -3.96. The lowest BCUT2D eigenvalue weighted by atomic mass is 10.1. The topological polar surface area (TPSA) is 110 Å². The molecule has 5 aromatic rings. The summed E-state index contributed by atoms with van der Waals surface area (Å²) in [5, 5.41) is 5.99. The highest BCUT2D eigenvalue weighted by Crippen LogP contribution is 2.37. The van der Waals surface area contributed by atoms with Gasteiger partial charge in [-0.1, -0.05) is 12.1 Å². The van der Waals surface area contributed by atoms with E-state index in [1.807, 2.05) is 5.38 Å². The number of anilines is 3. The largest absolute Gasteiger partial charge is 0.340 e.